The van der Waals surface area contributed by atoms with Crippen molar-refractivity contribution in [2.45, 2.75) is 37.3 Å². The molecule has 0 atom stereocenters. The fourth-order valence-electron chi connectivity index (χ4n) is 4.40. The van der Waals surface area contributed by atoms with E-state index in [0.717, 1.165) is 58.5 Å². The van der Waals surface area contributed by atoms with Gasteiger partial charge in [0.05, 0.1) is 6.54 Å². The number of carbonyl (C=O) groups excluding carboxylic acids is 2. The number of amides is 2. The van der Waals surface area contributed by atoms with E-state index >= 15 is 0 Å². The summed E-state index contributed by atoms with van der Waals surface area (Å²) in [6, 6.07) is 0.599. The smallest absolute Gasteiger partial charge is 0.243 e. The second kappa shape index (κ2) is 7.60. The first-order valence-electron chi connectivity index (χ1n) is 9.46. The number of ether oxygens (including phenoxy) is 1. The average molecular weight is 352 g/mol. The van der Waals surface area contributed by atoms with E-state index in [4.69, 9.17) is 4.74 Å². The van der Waals surface area contributed by atoms with Crippen LogP contribution in [0.1, 0.15) is 25.7 Å². The second-order valence-corrected chi connectivity index (χ2v) is 7.85. The van der Waals surface area contributed by atoms with E-state index in [-0.39, 0.29) is 18.4 Å². The van der Waals surface area contributed by atoms with E-state index < -0.39 is 5.54 Å². The normalized spacial score (nSPS) is 26.2. The van der Waals surface area contributed by atoms with Crippen LogP contribution in [-0.2, 0) is 14.3 Å². The number of hydrogen-bond acceptors (Lipinski definition) is 5. The lowest BCUT2D eigenvalue weighted by Gasteiger charge is -2.52. The first-order valence-corrected chi connectivity index (χ1v) is 9.46. The zero-order valence-corrected chi connectivity index (χ0v) is 15.9. The van der Waals surface area contributed by atoms with Crippen molar-refractivity contribution >= 4 is 11.8 Å². The minimum atomic E-state index is -0.424. The molecular formula is C18H32N4O3. The molecule has 0 bridgehead atoms. The molecule has 1 spiro atoms. The molecule has 3 fully saturated rings. The highest BCUT2D eigenvalue weighted by molar-refractivity contribution is 5.91. The van der Waals surface area contributed by atoms with Crippen molar-refractivity contribution in [2.75, 3.05) is 67.1 Å². The largest absolute Gasteiger partial charge is 0.381 e. The third kappa shape index (κ3) is 3.68. The van der Waals surface area contributed by atoms with E-state index in [1.165, 1.54) is 0 Å². The predicted octanol–water partition coefficient (Wildman–Crippen LogP) is -0.138. The van der Waals surface area contributed by atoms with Crippen LogP contribution in [0.25, 0.3) is 0 Å². The molecular weight excluding hydrogens is 320 g/mol. The molecule has 0 unspecified atom stereocenters. The highest BCUT2D eigenvalue weighted by atomic mass is 16.5. The molecule has 7 heteroatoms. The van der Waals surface area contributed by atoms with Crippen molar-refractivity contribution in [3.63, 3.8) is 0 Å². The van der Waals surface area contributed by atoms with Crippen molar-refractivity contribution < 1.29 is 14.3 Å². The molecule has 0 saturated carbocycles. The number of piperazine rings is 1. The molecule has 2 amide bonds. The van der Waals surface area contributed by atoms with Crippen LogP contribution in [0.5, 0.6) is 0 Å². The Morgan fingerprint density at radius 3 is 2.40 bits per heavy atom. The zero-order valence-electron chi connectivity index (χ0n) is 15.9. The molecule has 0 aromatic carbocycles. The van der Waals surface area contributed by atoms with Crippen molar-refractivity contribution in [1.82, 2.24) is 19.6 Å². The van der Waals surface area contributed by atoms with Gasteiger partial charge >= 0.3 is 0 Å². The molecule has 0 aliphatic carbocycles. The molecule has 3 aliphatic heterocycles. The Balaban J connectivity index is 1.65. The van der Waals surface area contributed by atoms with Crippen LogP contribution in [0.2, 0.25) is 0 Å². The van der Waals surface area contributed by atoms with Crippen molar-refractivity contribution in [3.8, 4) is 0 Å². The SMILES string of the molecule is CN(C)C(=O)CN1CCN(C)C2(CCN(C3CCOCC3)CC2)C1=O. The van der Waals surface area contributed by atoms with E-state index in [1.54, 1.807) is 23.9 Å². The Morgan fingerprint density at radius 1 is 1.16 bits per heavy atom. The number of nitrogens with zero attached hydrogens (tertiary/aromatic N) is 4. The van der Waals surface area contributed by atoms with Crippen LogP contribution >= 0.6 is 0 Å². The highest BCUT2D eigenvalue weighted by Gasteiger charge is 2.50. The molecule has 7 nitrogen and oxygen atoms in total. The van der Waals surface area contributed by atoms with E-state index in [2.05, 4.69) is 16.8 Å². The van der Waals surface area contributed by atoms with Gasteiger partial charge in [-0.15, -0.1) is 0 Å². The van der Waals surface area contributed by atoms with E-state index in [9.17, 15) is 9.59 Å². The number of rotatable bonds is 3. The van der Waals surface area contributed by atoms with Gasteiger partial charge in [-0.1, -0.05) is 0 Å². The van der Waals surface area contributed by atoms with Crippen LogP contribution in [0.4, 0.5) is 0 Å². The summed E-state index contributed by atoms with van der Waals surface area (Å²) in [6.45, 7) is 5.29. The molecule has 142 valence electrons. The molecule has 3 rings (SSSR count). The van der Waals surface area contributed by atoms with E-state index in [0.29, 0.717) is 12.6 Å². The van der Waals surface area contributed by atoms with E-state index in [1.807, 2.05) is 0 Å². The lowest BCUT2D eigenvalue weighted by Crippen LogP contribution is -2.68. The number of piperidine rings is 1. The maximum absolute atomic E-state index is 13.2. The molecule has 0 radical (unpaired) electrons. The maximum atomic E-state index is 13.2. The summed E-state index contributed by atoms with van der Waals surface area (Å²) in [5, 5.41) is 0. The van der Waals surface area contributed by atoms with Gasteiger partial charge in [0.25, 0.3) is 0 Å². The fraction of sp³-hybridized carbons (Fsp3) is 0.889. The summed E-state index contributed by atoms with van der Waals surface area (Å²) >= 11 is 0. The van der Waals surface area contributed by atoms with Crippen LogP contribution in [0, 0.1) is 0 Å². The summed E-state index contributed by atoms with van der Waals surface area (Å²) < 4.78 is 5.47. The average Bonchev–Trinajstić information content (AvgIpc) is 2.63. The Labute approximate surface area is 150 Å². The molecule has 3 heterocycles. The molecule has 25 heavy (non-hydrogen) atoms. The third-order valence-electron chi connectivity index (χ3n) is 6.28. The first-order chi connectivity index (χ1) is 11.9. The predicted molar refractivity (Wildman–Crippen MR) is 95.3 cm³/mol. The Bertz CT molecular complexity index is 497. The molecule has 3 aliphatic rings. The van der Waals surface area contributed by atoms with Gasteiger partial charge in [-0.05, 0) is 32.7 Å². The fourth-order valence-corrected chi connectivity index (χ4v) is 4.40. The number of likely N-dealkylation sites (tertiary alicyclic amines) is 1. The van der Waals surface area contributed by atoms with Gasteiger partial charge in [-0.2, -0.15) is 0 Å². The minimum Gasteiger partial charge on any atom is -0.381 e. The Hall–Kier alpha value is -1.18. The minimum absolute atomic E-state index is 0.00676. The maximum Gasteiger partial charge on any atom is 0.243 e. The number of hydrogen-bond donors (Lipinski definition) is 0. The lowest BCUT2D eigenvalue weighted by molar-refractivity contribution is -0.158. The van der Waals surface area contributed by atoms with Gasteiger partial charge in [-0.3, -0.25) is 14.5 Å². The Kier molecular flexibility index (Phi) is 5.65. The number of likely N-dealkylation sites (N-methyl/N-ethyl adjacent to an activating group) is 2. The van der Waals surface area contributed by atoms with Gasteiger partial charge in [-0.25, -0.2) is 0 Å². The van der Waals surface area contributed by atoms with Crippen LogP contribution in [0.3, 0.4) is 0 Å². The van der Waals surface area contributed by atoms with Crippen LogP contribution < -0.4 is 0 Å². The zero-order chi connectivity index (χ0) is 18.0. The standard InChI is InChI=1S/C18H32N4O3/c1-19(2)16(23)14-22-11-10-20(3)18(17(22)24)6-8-21(9-7-18)15-4-12-25-13-5-15/h15H,4-14H2,1-3H3. The number of carbonyl (C=O) groups is 2. The molecule has 3 saturated heterocycles. The second-order valence-electron chi connectivity index (χ2n) is 7.85. The summed E-state index contributed by atoms with van der Waals surface area (Å²) in [4.78, 5) is 33.4. The van der Waals surface area contributed by atoms with Gasteiger partial charge in [0.2, 0.25) is 11.8 Å². The van der Waals surface area contributed by atoms with Gasteiger partial charge in [0, 0.05) is 59.5 Å². The summed E-state index contributed by atoms with van der Waals surface area (Å²) in [5.41, 5.74) is -0.424. The molecule has 0 aromatic rings. The van der Waals surface area contributed by atoms with Crippen molar-refractivity contribution in [2.24, 2.45) is 0 Å². The molecule has 0 aromatic heterocycles. The van der Waals surface area contributed by atoms with Gasteiger partial charge in [0.1, 0.15) is 5.54 Å². The summed E-state index contributed by atoms with van der Waals surface area (Å²) in [7, 11) is 5.54. The molecule has 0 N–H and O–H groups in total. The monoisotopic (exact) mass is 352 g/mol. The van der Waals surface area contributed by atoms with Crippen LogP contribution in [-0.4, -0.2) is 110 Å². The lowest BCUT2D eigenvalue weighted by atomic mass is 9.82. The highest BCUT2D eigenvalue weighted by Crippen LogP contribution is 2.34. The summed E-state index contributed by atoms with van der Waals surface area (Å²) in [5.74, 6) is 0.135. The Morgan fingerprint density at radius 2 is 1.80 bits per heavy atom. The quantitative estimate of drug-likeness (QED) is 0.708. The van der Waals surface area contributed by atoms with Crippen molar-refractivity contribution in [1.29, 1.82) is 0 Å². The topological polar surface area (TPSA) is 56.3 Å². The van der Waals surface area contributed by atoms with Gasteiger partial charge in [0.15, 0.2) is 0 Å². The summed E-state index contributed by atoms with van der Waals surface area (Å²) in [6.07, 6.45) is 3.90. The van der Waals surface area contributed by atoms with Crippen LogP contribution in [0.15, 0.2) is 0 Å². The van der Waals surface area contributed by atoms with Gasteiger partial charge < -0.3 is 19.4 Å². The third-order valence-corrected chi connectivity index (χ3v) is 6.28. The first kappa shape index (κ1) is 18.6. The van der Waals surface area contributed by atoms with Crippen molar-refractivity contribution in [3.05, 3.63) is 0 Å².